The Bertz CT molecular complexity index is 349. The van der Waals surface area contributed by atoms with Crippen LogP contribution >= 0.6 is 0 Å². The molecule has 0 aliphatic heterocycles. The Kier molecular flexibility index (Phi) is 4.43. The number of ether oxygens (including phenoxy) is 3. The molecule has 0 saturated carbocycles. The second-order valence-corrected chi connectivity index (χ2v) is 3.34. The molecule has 1 unspecified atom stereocenters. The number of methoxy groups -OCH3 is 3. The third kappa shape index (κ3) is 2.22. The lowest BCUT2D eigenvalue weighted by atomic mass is 10.0. The quantitative estimate of drug-likeness (QED) is 0.835. The van der Waals surface area contributed by atoms with Gasteiger partial charge in [-0.25, -0.2) is 0 Å². The molecule has 0 saturated heterocycles. The maximum Gasteiger partial charge on any atom is 0.170 e. The molecule has 1 N–H and O–H groups in total. The highest BCUT2D eigenvalue weighted by atomic mass is 16.5. The Morgan fingerprint density at radius 3 is 2.06 bits per heavy atom. The zero-order valence-electron chi connectivity index (χ0n) is 10.1. The first-order valence-corrected chi connectivity index (χ1v) is 5.16. The van der Waals surface area contributed by atoms with Crippen LogP contribution in [0.15, 0.2) is 12.1 Å². The number of aliphatic hydroxyl groups excluding tert-OH is 1. The Balaban J connectivity index is 3.36. The summed E-state index contributed by atoms with van der Waals surface area (Å²) in [6.07, 6.45) is -0.0418. The van der Waals surface area contributed by atoms with E-state index in [0.29, 0.717) is 29.2 Å². The van der Waals surface area contributed by atoms with Crippen LogP contribution in [0.5, 0.6) is 17.2 Å². The largest absolute Gasteiger partial charge is 0.496 e. The average molecular weight is 226 g/mol. The van der Waals surface area contributed by atoms with Gasteiger partial charge in [0.05, 0.1) is 33.0 Å². The molecule has 0 aliphatic carbocycles. The Morgan fingerprint density at radius 1 is 1.06 bits per heavy atom. The lowest BCUT2D eigenvalue weighted by Gasteiger charge is -2.19. The standard InChI is InChI=1S/C12H18O4/c1-5-8(13)11-9(14-2)6-7-10(15-3)12(11)16-4/h6-8,13H,5H2,1-4H3. The molecule has 4 heteroatoms. The molecule has 0 radical (unpaired) electrons. The maximum absolute atomic E-state index is 9.96. The summed E-state index contributed by atoms with van der Waals surface area (Å²) in [6.45, 7) is 1.89. The highest BCUT2D eigenvalue weighted by Gasteiger charge is 2.21. The molecule has 0 fully saturated rings. The molecule has 0 aromatic heterocycles. The van der Waals surface area contributed by atoms with Crippen molar-refractivity contribution >= 4 is 0 Å². The van der Waals surface area contributed by atoms with Crippen molar-refractivity contribution in [3.8, 4) is 17.2 Å². The molecular formula is C12H18O4. The van der Waals surface area contributed by atoms with Crippen LogP contribution < -0.4 is 14.2 Å². The third-order valence-corrected chi connectivity index (χ3v) is 2.48. The lowest BCUT2D eigenvalue weighted by Crippen LogP contribution is -2.04. The SMILES string of the molecule is CCC(O)c1c(OC)ccc(OC)c1OC. The van der Waals surface area contributed by atoms with Gasteiger partial charge >= 0.3 is 0 Å². The summed E-state index contributed by atoms with van der Waals surface area (Å²) in [6, 6.07) is 3.51. The van der Waals surface area contributed by atoms with Crippen LogP contribution in [0.3, 0.4) is 0 Å². The fourth-order valence-corrected chi connectivity index (χ4v) is 1.63. The summed E-state index contributed by atoms with van der Waals surface area (Å²) >= 11 is 0. The van der Waals surface area contributed by atoms with E-state index in [9.17, 15) is 5.11 Å². The van der Waals surface area contributed by atoms with E-state index in [4.69, 9.17) is 14.2 Å². The van der Waals surface area contributed by atoms with Gasteiger partial charge in [0, 0.05) is 0 Å². The molecule has 16 heavy (non-hydrogen) atoms. The molecule has 1 aromatic carbocycles. The van der Waals surface area contributed by atoms with Crippen molar-refractivity contribution in [3.05, 3.63) is 17.7 Å². The van der Waals surface area contributed by atoms with E-state index < -0.39 is 6.10 Å². The maximum atomic E-state index is 9.96. The van der Waals surface area contributed by atoms with Gasteiger partial charge in [0.15, 0.2) is 11.5 Å². The first kappa shape index (κ1) is 12.6. The zero-order valence-corrected chi connectivity index (χ0v) is 10.1. The van der Waals surface area contributed by atoms with Gasteiger partial charge in [-0.15, -0.1) is 0 Å². The minimum absolute atomic E-state index is 0.524. The molecule has 1 rings (SSSR count). The van der Waals surface area contributed by atoms with Gasteiger partial charge < -0.3 is 19.3 Å². The van der Waals surface area contributed by atoms with Crippen molar-refractivity contribution < 1.29 is 19.3 Å². The minimum Gasteiger partial charge on any atom is -0.496 e. The highest BCUT2D eigenvalue weighted by molar-refractivity contribution is 5.54. The third-order valence-electron chi connectivity index (χ3n) is 2.48. The monoisotopic (exact) mass is 226 g/mol. The molecule has 0 heterocycles. The van der Waals surface area contributed by atoms with Crippen LogP contribution in [-0.2, 0) is 0 Å². The van der Waals surface area contributed by atoms with E-state index in [-0.39, 0.29) is 0 Å². The molecule has 4 nitrogen and oxygen atoms in total. The lowest BCUT2D eigenvalue weighted by molar-refractivity contribution is 0.163. The van der Waals surface area contributed by atoms with Crippen molar-refractivity contribution in [1.29, 1.82) is 0 Å². The number of benzene rings is 1. The Morgan fingerprint density at radius 2 is 1.62 bits per heavy atom. The molecule has 90 valence electrons. The predicted octanol–water partition coefficient (Wildman–Crippen LogP) is 2.16. The van der Waals surface area contributed by atoms with E-state index in [1.165, 1.54) is 0 Å². The molecule has 0 bridgehead atoms. The van der Waals surface area contributed by atoms with Crippen molar-refractivity contribution in [2.24, 2.45) is 0 Å². The van der Waals surface area contributed by atoms with Gasteiger partial charge in [-0.2, -0.15) is 0 Å². The van der Waals surface area contributed by atoms with E-state index in [1.807, 2.05) is 6.92 Å². The summed E-state index contributed by atoms with van der Waals surface area (Å²) in [5.74, 6) is 1.72. The van der Waals surface area contributed by atoms with Crippen molar-refractivity contribution in [2.75, 3.05) is 21.3 Å². The molecule has 0 aliphatic rings. The van der Waals surface area contributed by atoms with Crippen LogP contribution in [-0.4, -0.2) is 26.4 Å². The van der Waals surface area contributed by atoms with Crippen LogP contribution in [0.4, 0.5) is 0 Å². The van der Waals surface area contributed by atoms with Gasteiger partial charge in [0.1, 0.15) is 5.75 Å². The number of rotatable bonds is 5. The van der Waals surface area contributed by atoms with Gasteiger partial charge in [0.2, 0.25) is 0 Å². The van der Waals surface area contributed by atoms with Crippen molar-refractivity contribution in [2.45, 2.75) is 19.4 Å². The van der Waals surface area contributed by atoms with Gasteiger partial charge in [-0.3, -0.25) is 0 Å². The molecule has 0 spiro atoms. The van der Waals surface area contributed by atoms with E-state index in [2.05, 4.69) is 0 Å². The normalized spacial score (nSPS) is 12.1. The summed E-state index contributed by atoms with van der Waals surface area (Å²) < 4.78 is 15.7. The smallest absolute Gasteiger partial charge is 0.170 e. The number of aliphatic hydroxyl groups is 1. The highest BCUT2D eigenvalue weighted by Crippen LogP contribution is 2.41. The summed E-state index contributed by atoms with van der Waals surface area (Å²) in [5.41, 5.74) is 0.631. The second kappa shape index (κ2) is 5.61. The van der Waals surface area contributed by atoms with Crippen LogP contribution in [0, 0.1) is 0 Å². The summed E-state index contributed by atoms with van der Waals surface area (Å²) in [7, 11) is 4.67. The van der Waals surface area contributed by atoms with Gasteiger partial charge in [-0.1, -0.05) is 6.92 Å². The van der Waals surface area contributed by atoms with Gasteiger partial charge in [-0.05, 0) is 18.6 Å². The molecule has 1 aromatic rings. The minimum atomic E-state index is -0.625. The van der Waals surface area contributed by atoms with E-state index in [0.717, 1.165) is 0 Å². The zero-order chi connectivity index (χ0) is 12.1. The van der Waals surface area contributed by atoms with Crippen molar-refractivity contribution in [1.82, 2.24) is 0 Å². The first-order chi connectivity index (χ1) is 7.69. The molecular weight excluding hydrogens is 208 g/mol. The summed E-state index contributed by atoms with van der Waals surface area (Å²) in [5, 5.41) is 9.96. The van der Waals surface area contributed by atoms with E-state index in [1.54, 1.807) is 33.5 Å². The molecule has 1 atom stereocenters. The Labute approximate surface area is 95.8 Å². The van der Waals surface area contributed by atoms with Crippen LogP contribution in [0.25, 0.3) is 0 Å². The van der Waals surface area contributed by atoms with Crippen LogP contribution in [0.2, 0.25) is 0 Å². The average Bonchev–Trinajstić information content (AvgIpc) is 2.35. The number of hydrogen-bond acceptors (Lipinski definition) is 4. The van der Waals surface area contributed by atoms with Gasteiger partial charge in [0.25, 0.3) is 0 Å². The molecule has 0 amide bonds. The predicted molar refractivity (Wildman–Crippen MR) is 61.3 cm³/mol. The van der Waals surface area contributed by atoms with Crippen LogP contribution in [0.1, 0.15) is 25.0 Å². The first-order valence-electron chi connectivity index (χ1n) is 5.16. The fraction of sp³-hybridized carbons (Fsp3) is 0.500. The van der Waals surface area contributed by atoms with E-state index >= 15 is 0 Å². The van der Waals surface area contributed by atoms with Crippen molar-refractivity contribution in [3.63, 3.8) is 0 Å². The summed E-state index contributed by atoms with van der Waals surface area (Å²) in [4.78, 5) is 0. The topological polar surface area (TPSA) is 47.9 Å². The second-order valence-electron chi connectivity index (χ2n) is 3.34. The Hall–Kier alpha value is -1.42. The fourth-order valence-electron chi connectivity index (χ4n) is 1.63. The number of hydrogen-bond donors (Lipinski definition) is 1.